The highest BCUT2D eigenvalue weighted by Crippen LogP contribution is 2.38. The van der Waals surface area contributed by atoms with E-state index in [-0.39, 0.29) is 0 Å². The van der Waals surface area contributed by atoms with E-state index in [9.17, 15) is 0 Å². The average Bonchev–Trinajstić information content (AvgIpc) is 2.82. The largest absolute Gasteiger partial charge is 0.383 e. The first kappa shape index (κ1) is 17.9. The molecule has 0 unspecified atom stereocenters. The number of rotatable bonds is 10. The van der Waals surface area contributed by atoms with Gasteiger partial charge in [0.2, 0.25) is 0 Å². The molecule has 0 aliphatic heterocycles. The van der Waals surface area contributed by atoms with Crippen LogP contribution in [0.2, 0.25) is 0 Å². The fraction of sp³-hybridized carbons (Fsp3) is 1.00. The molecule has 0 aromatic heterocycles. The van der Waals surface area contributed by atoms with Crippen molar-refractivity contribution in [3.63, 3.8) is 0 Å². The highest BCUT2D eigenvalue weighted by Gasteiger charge is 2.35. The fourth-order valence-electron chi connectivity index (χ4n) is 3.38. The van der Waals surface area contributed by atoms with Gasteiger partial charge in [-0.3, -0.25) is 0 Å². The molecular weight excluding hydrogens is 248 g/mol. The zero-order valence-electron chi connectivity index (χ0n) is 14.4. The Morgan fingerprint density at radius 1 is 1.15 bits per heavy atom. The summed E-state index contributed by atoms with van der Waals surface area (Å²) in [6.45, 7) is 14.6. The molecule has 0 saturated heterocycles. The second-order valence-electron chi connectivity index (χ2n) is 7.36. The Labute approximate surface area is 126 Å². The minimum atomic E-state index is 0.493. The van der Waals surface area contributed by atoms with Crippen molar-refractivity contribution in [2.45, 2.75) is 59.4 Å². The van der Waals surface area contributed by atoms with Gasteiger partial charge in [-0.05, 0) is 24.2 Å². The van der Waals surface area contributed by atoms with Gasteiger partial charge in [0, 0.05) is 39.3 Å². The van der Waals surface area contributed by atoms with Crippen LogP contribution < -0.4 is 5.32 Å². The minimum absolute atomic E-state index is 0.493. The van der Waals surface area contributed by atoms with Crippen molar-refractivity contribution in [1.29, 1.82) is 0 Å². The lowest BCUT2D eigenvalue weighted by Crippen LogP contribution is -2.46. The number of ether oxygens (including phenoxy) is 1. The van der Waals surface area contributed by atoms with Crippen LogP contribution in [0.25, 0.3) is 0 Å². The Bertz CT molecular complexity index is 247. The normalized spacial score (nSPS) is 18.6. The van der Waals surface area contributed by atoms with Gasteiger partial charge in [0.15, 0.2) is 0 Å². The predicted molar refractivity (Wildman–Crippen MR) is 87.2 cm³/mol. The molecule has 0 heterocycles. The molecule has 0 aromatic carbocycles. The van der Waals surface area contributed by atoms with Crippen LogP contribution in [0.3, 0.4) is 0 Å². The highest BCUT2D eigenvalue weighted by molar-refractivity contribution is 4.90. The lowest BCUT2D eigenvalue weighted by molar-refractivity contribution is 0.0960. The summed E-state index contributed by atoms with van der Waals surface area (Å²) in [6.07, 6.45) is 5.57. The van der Waals surface area contributed by atoms with Crippen LogP contribution in [-0.2, 0) is 4.74 Å². The number of methoxy groups -OCH3 is 1. The highest BCUT2D eigenvalue weighted by atomic mass is 16.5. The lowest BCUT2D eigenvalue weighted by Gasteiger charge is -2.37. The van der Waals surface area contributed by atoms with Gasteiger partial charge in [-0.15, -0.1) is 0 Å². The van der Waals surface area contributed by atoms with Crippen molar-refractivity contribution in [1.82, 2.24) is 10.2 Å². The molecule has 0 amide bonds. The van der Waals surface area contributed by atoms with Crippen LogP contribution in [-0.4, -0.2) is 50.8 Å². The van der Waals surface area contributed by atoms with Crippen molar-refractivity contribution in [3.05, 3.63) is 0 Å². The molecule has 0 spiro atoms. The van der Waals surface area contributed by atoms with E-state index in [1.54, 1.807) is 7.11 Å². The second kappa shape index (κ2) is 9.01. The molecule has 0 bridgehead atoms. The minimum Gasteiger partial charge on any atom is -0.383 e. The van der Waals surface area contributed by atoms with Gasteiger partial charge >= 0.3 is 0 Å². The summed E-state index contributed by atoms with van der Waals surface area (Å²) in [5.41, 5.74) is 0.493. The first-order valence-corrected chi connectivity index (χ1v) is 8.42. The molecule has 0 radical (unpaired) electrons. The van der Waals surface area contributed by atoms with Crippen molar-refractivity contribution < 1.29 is 4.74 Å². The van der Waals surface area contributed by atoms with E-state index < -0.39 is 0 Å². The van der Waals surface area contributed by atoms with Gasteiger partial charge in [0.05, 0.1) is 6.61 Å². The zero-order valence-corrected chi connectivity index (χ0v) is 14.4. The summed E-state index contributed by atoms with van der Waals surface area (Å²) < 4.78 is 5.29. The fourth-order valence-corrected chi connectivity index (χ4v) is 3.38. The van der Waals surface area contributed by atoms with Gasteiger partial charge in [0.1, 0.15) is 0 Å². The zero-order chi connectivity index (χ0) is 15.0. The Morgan fingerprint density at radius 2 is 1.80 bits per heavy atom. The molecule has 0 atom stereocenters. The third-order valence-electron chi connectivity index (χ3n) is 4.34. The summed E-state index contributed by atoms with van der Waals surface area (Å²) in [5.74, 6) is 0.725. The molecule has 20 heavy (non-hydrogen) atoms. The first-order valence-electron chi connectivity index (χ1n) is 8.42. The maximum absolute atomic E-state index is 5.29. The van der Waals surface area contributed by atoms with Crippen LogP contribution in [0, 0.1) is 11.3 Å². The van der Waals surface area contributed by atoms with Crippen LogP contribution in [0.15, 0.2) is 0 Å². The topological polar surface area (TPSA) is 24.5 Å². The van der Waals surface area contributed by atoms with E-state index in [4.69, 9.17) is 4.74 Å². The molecule has 1 N–H and O–H groups in total. The predicted octanol–water partition coefficient (Wildman–Crippen LogP) is 3.15. The molecule has 1 aliphatic rings. The Morgan fingerprint density at radius 3 is 2.30 bits per heavy atom. The number of nitrogens with one attached hydrogen (secondary N) is 1. The van der Waals surface area contributed by atoms with Crippen LogP contribution in [0.4, 0.5) is 0 Å². The van der Waals surface area contributed by atoms with E-state index in [0.717, 1.165) is 19.1 Å². The Kier molecular flexibility index (Phi) is 8.08. The molecule has 120 valence electrons. The van der Waals surface area contributed by atoms with Crippen molar-refractivity contribution >= 4 is 0 Å². The molecule has 1 aliphatic carbocycles. The summed E-state index contributed by atoms with van der Waals surface area (Å²) in [7, 11) is 1.80. The van der Waals surface area contributed by atoms with Gasteiger partial charge in [0.25, 0.3) is 0 Å². The summed E-state index contributed by atoms with van der Waals surface area (Å²) in [5, 5.41) is 3.69. The van der Waals surface area contributed by atoms with Crippen LogP contribution >= 0.6 is 0 Å². The quantitative estimate of drug-likeness (QED) is 0.667. The van der Waals surface area contributed by atoms with E-state index in [2.05, 4.69) is 37.9 Å². The molecule has 0 aromatic rings. The average molecular weight is 284 g/mol. The smallest absolute Gasteiger partial charge is 0.0589 e. The molecule has 1 fully saturated rings. The van der Waals surface area contributed by atoms with Crippen LogP contribution in [0.1, 0.15) is 53.4 Å². The summed E-state index contributed by atoms with van der Waals surface area (Å²) >= 11 is 0. The van der Waals surface area contributed by atoms with Crippen molar-refractivity contribution in [3.8, 4) is 0 Å². The van der Waals surface area contributed by atoms with E-state index in [1.165, 1.54) is 45.3 Å². The third-order valence-corrected chi connectivity index (χ3v) is 4.34. The van der Waals surface area contributed by atoms with Gasteiger partial charge in [-0.2, -0.15) is 0 Å². The summed E-state index contributed by atoms with van der Waals surface area (Å²) in [6, 6.07) is 0.588. The Hall–Kier alpha value is -0.120. The summed E-state index contributed by atoms with van der Waals surface area (Å²) in [4.78, 5) is 2.63. The standard InChI is InChI=1S/C17H36N2O/c1-15(2)12-19(10-11-20-5)14-17(8-6-7-9-17)13-18-16(3)4/h15-16,18H,6-14H2,1-5H3. The number of nitrogens with zero attached hydrogens (tertiary/aromatic N) is 1. The van der Waals surface area contributed by atoms with Gasteiger partial charge in [-0.25, -0.2) is 0 Å². The SMILES string of the molecule is COCCN(CC(C)C)CC1(CNC(C)C)CCCC1. The van der Waals surface area contributed by atoms with E-state index >= 15 is 0 Å². The first-order chi connectivity index (χ1) is 9.47. The van der Waals surface area contributed by atoms with E-state index in [1.807, 2.05) is 0 Å². The van der Waals surface area contributed by atoms with Crippen molar-refractivity contribution in [2.75, 3.05) is 39.9 Å². The molecule has 3 heteroatoms. The molecule has 3 nitrogen and oxygen atoms in total. The maximum atomic E-state index is 5.29. The number of hydrogen-bond donors (Lipinski definition) is 1. The van der Waals surface area contributed by atoms with E-state index in [0.29, 0.717) is 11.5 Å². The van der Waals surface area contributed by atoms with Crippen molar-refractivity contribution in [2.24, 2.45) is 11.3 Å². The van der Waals surface area contributed by atoms with Gasteiger partial charge < -0.3 is 15.0 Å². The lowest BCUT2D eigenvalue weighted by atomic mass is 9.85. The third kappa shape index (κ3) is 6.55. The van der Waals surface area contributed by atoms with Crippen LogP contribution in [0.5, 0.6) is 0 Å². The molecule has 1 rings (SSSR count). The monoisotopic (exact) mass is 284 g/mol. The molecule has 1 saturated carbocycles. The second-order valence-corrected chi connectivity index (χ2v) is 7.36. The number of hydrogen-bond acceptors (Lipinski definition) is 3. The van der Waals surface area contributed by atoms with Gasteiger partial charge in [-0.1, -0.05) is 40.5 Å². The maximum Gasteiger partial charge on any atom is 0.0589 e. The Balaban J connectivity index is 2.58. The molecular formula is C17H36N2O.